The molecule has 8 heteroatoms. The van der Waals surface area contributed by atoms with Gasteiger partial charge in [0, 0.05) is 18.9 Å². The summed E-state index contributed by atoms with van der Waals surface area (Å²) in [6.07, 6.45) is 3.18. The summed E-state index contributed by atoms with van der Waals surface area (Å²) in [5.74, 6) is -0.139. The van der Waals surface area contributed by atoms with Gasteiger partial charge in [-0.25, -0.2) is 4.98 Å². The number of pyridine rings is 1. The normalized spacial score (nSPS) is 18.3. The van der Waals surface area contributed by atoms with Gasteiger partial charge in [0.2, 0.25) is 0 Å². The van der Waals surface area contributed by atoms with Crippen molar-refractivity contribution in [2.45, 2.75) is 32.2 Å². The molecular formula is C22H23ClN4O3. The van der Waals surface area contributed by atoms with Crippen molar-refractivity contribution in [1.29, 1.82) is 0 Å². The summed E-state index contributed by atoms with van der Waals surface area (Å²) >= 11 is 6.45. The van der Waals surface area contributed by atoms with E-state index in [-0.39, 0.29) is 18.3 Å². The van der Waals surface area contributed by atoms with E-state index in [0.29, 0.717) is 44.5 Å². The molecule has 0 saturated heterocycles. The van der Waals surface area contributed by atoms with Gasteiger partial charge in [0.1, 0.15) is 11.2 Å². The number of aromatic nitrogens is 2. The quantitative estimate of drug-likeness (QED) is 0.527. The van der Waals surface area contributed by atoms with Crippen LogP contribution in [0.25, 0.3) is 11.0 Å². The van der Waals surface area contributed by atoms with Crippen LogP contribution in [0.15, 0.2) is 30.6 Å². The Morgan fingerprint density at radius 2 is 2.07 bits per heavy atom. The summed E-state index contributed by atoms with van der Waals surface area (Å²) in [4.78, 5) is 33.3. The van der Waals surface area contributed by atoms with E-state index in [1.807, 2.05) is 12.1 Å². The first-order chi connectivity index (χ1) is 14.2. The molecule has 2 aromatic heterocycles. The fraction of sp³-hybridized carbons (Fsp3) is 0.318. The molecule has 3 heterocycles. The molecule has 1 aliphatic heterocycles. The van der Waals surface area contributed by atoms with E-state index in [0.717, 1.165) is 5.56 Å². The standard InChI is InChI=1S/C22H23ClN4O3/c1-11(2)12-5-6-13(15(23)7-12)19(28)14-8-24-20-17(14)18-16(9-25-20)26-21(29)22(3,27-18)10-30-4/h5-9,11,27H,10H2,1-4H3,(H,24,25)(H,26,29)/t22-/m0/s1. The molecule has 1 amide bonds. The molecule has 0 bridgehead atoms. The summed E-state index contributed by atoms with van der Waals surface area (Å²) in [7, 11) is 1.53. The lowest BCUT2D eigenvalue weighted by Crippen LogP contribution is -2.53. The maximum Gasteiger partial charge on any atom is 0.252 e. The Bertz CT molecular complexity index is 1170. The number of amides is 1. The van der Waals surface area contributed by atoms with Crippen molar-refractivity contribution in [3.8, 4) is 0 Å². The van der Waals surface area contributed by atoms with E-state index in [4.69, 9.17) is 16.3 Å². The fourth-order valence-electron chi connectivity index (χ4n) is 3.70. The van der Waals surface area contributed by atoms with Crippen LogP contribution in [0.3, 0.4) is 0 Å². The third kappa shape index (κ3) is 3.24. The first kappa shape index (κ1) is 20.4. The minimum absolute atomic E-state index is 0.165. The minimum Gasteiger partial charge on any atom is -0.382 e. The molecule has 0 unspecified atom stereocenters. The Hall–Kier alpha value is -2.90. The third-order valence-electron chi connectivity index (χ3n) is 5.43. The second-order valence-corrected chi connectivity index (χ2v) is 8.45. The Kier molecular flexibility index (Phi) is 5.03. The van der Waals surface area contributed by atoms with Crippen LogP contribution in [-0.4, -0.2) is 40.9 Å². The van der Waals surface area contributed by atoms with E-state index < -0.39 is 5.54 Å². The van der Waals surface area contributed by atoms with Crippen molar-refractivity contribution in [3.63, 3.8) is 0 Å². The molecule has 0 radical (unpaired) electrons. The number of nitrogens with one attached hydrogen (secondary N) is 3. The lowest BCUT2D eigenvalue weighted by Gasteiger charge is -2.35. The molecule has 0 aliphatic carbocycles. The van der Waals surface area contributed by atoms with Gasteiger partial charge < -0.3 is 20.4 Å². The van der Waals surface area contributed by atoms with E-state index >= 15 is 0 Å². The number of benzene rings is 1. The second kappa shape index (κ2) is 7.41. The lowest BCUT2D eigenvalue weighted by molar-refractivity contribution is -0.121. The topological polar surface area (TPSA) is 96.1 Å². The van der Waals surface area contributed by atoms with Crippen molar-refractivity contribution < 1.29 is 14.3 Å². The zero-order valence-electron chi connectivity index (χ0n) is 17.2. The molecule has 3 N–H and O–H groups in total. The number of ketones is 1. The monoisotopic (exact) mass is 426 g/mol. The van der Waals surface area contributed by atoms with Crippen LogP contribution in [0.1, 0.15) is 48.2 Å². The highest BCUT2D eigenvalue weighted by Gasteiger charge is 2.39. The maximum atomic E-state index is 13.4. The molecule has 4 rings (SSSR count). The first-order valence-electron chi connectivity index (χ1n) is 9.68. The number of H-pyrrole nitrogens is 1. The second-order valence-electron chi connectivity index (χ2n) is 8.04. The molecule has 0 fully saturated rings. The average Bonchev–Trinajstić information content (AvgIpc) is 3.13. The van der Waals surface area contributed by atoms with Gasteiger partial charge in [-0.2, -0.15) is 0 Å². The van der Waals surface area contributed by atoms with Gasteiger partial charge in [0.05, 0.1) is 40.2 Å². The van der Waals surface area contributed by atoms with Crippen LogP contribution in [0.4, 0.5) is 11.4 Å². The molecule has 1 aromatic carbocycles. The summed E-state index contributed by atoms with van der Waals surface area (Å²) < 4.78 is 5.23. The minimum atomic E-state index is -0.982. The predicted octanol–water partition coefficient (Wildman–Crippen LogP) is 4.34. The maximum absolute atomic E-state index is 13.4. The van der Waals surface area contributed by atoms with Gasteiger partial charge >= 0.3 is 0 Å². The van der Waals surface area contributed by atoms with Crippen LogP contribution >= 0.6 is 11.6 Å². The largest absolute Gasteiger partial charge is 0.382 e. The van der Waals surface area contributed by atoms with E-state index in [1.54, 1.807) is 25.4 Å². The summed E-state index contributed by atoms with van der Waals surface area (Å²) in [5, 5.41) is 7.12. The van der Waals surface area contributed by atoms with E-state index in [2.05, 4.69) is 34.4 Å². The number of methoxy groups -OCH3 is 1. The van der Waals surface area contributed by atoms with Crippen LogP contribution in [0.2, 0.25) is 5.02 Å². The van der Waals surface area contributed by atoms with Crippen molar-refractivity contribution in [2.75, 3.05) is 24.4 Å². The molecule has 0 spiro atoms. The number of hydrogen-bond acceptors (Lipinski definition) is 5. The van der Waals surface area contributed by atoms with Crippen molar-refractivity contribution in [3.05, 3.63) is 52.3 Å². The first-order valence-corrected chi connectivity index (χ1v) is 10.1. The van der Waals surface area contributed by atoms with Gasteiger partial charge in [-0.05, 0) is 30.5 Å². The van der Waals surface area contributed by atoms with Crippen LogP contribution in [-0.2, 0) is 9.53 Å². The molecule has 7 nitrogen and oxygen atoms in total. The number of carbonyl (C=O) groups excluding carboxylic acids is 2. The van der Waals surface area contributed by atoms with Crippen molar-refractivity contribution >= 4 is 45.7 Å². The van der Waals surface area contributed by atoms with Crippen molar-refractivity contribution in [2.24, 2.45) is 0 Å². The number of hydrogen-bond donors (Lipinski definition) is 3. The Morgan fingerprint density at radius 1 is 1.30 bits per heavy atom. The molecule has 0 saturated carbocycles. The lowest BCUT2D eigenvalue weighted by atomic mass is 9.95. The highest BCUT2D eigenvalue weighted by molar-refractivity contribution is 6.36. The molecule has 1 aliphatic rings. The van der Waals surface area contributed by atoms with Gasteiger partial charge in [-0.15, -0.1) is 0 Å². The molecular weight excluding hydrogens is 404 g/mol. The summed E-state index contributed by atoms with van der Waals surface area (Å²) in [5.41, 5.74) is 2.60. The Balaban J connectivity index is 1.83. The van der Waals surface area contributed by atoms with Gasteiger partial charge in [-0.1, -0.05) is 31.5 Å². The van der Waals surface area contributed by atoms with E-state index in [9.17, 15) is 9.59 Å². The summed E-state index contributed by atoms with van der Waals surface area (Å²) in [6, 6.07) is 5.50. The van der Waals surface area contributed by atoms with E-state index in [1.165, 1.54) is 7.11 Å². The van der Waals surface area contributed by atoms with Gasteiger partial charge in [0.15, 0.2) is 5.78 Å². The van der Waals surface area contributed by atoms with Crippen LogP contribution in [0, 0.1) is 0 Å². The number of aromatic amines is 1. The smallest absolute Gasteiger partial charge is 0.252 e. The van der Waals surface area contributed by atoms with Crippen LogP contribution in [0.5, 0.6) is 0 Å². The zero-order chi connectivity index (χ0) is 21.6. The fourth-order valence-corrected chi connectivity index (χ4v) is 3.98. The third-order valence-corrected chi connectivity index (χ3v) is 5.75. The number of nitrogens with zero attached hydrogens (tertiary/aromatic N) is 1. The highest BCUT2D eigenvalue weighted by Crippen LogP contribution is 2.39. The number of carbonyl (C=O) groups is 2. The molecule has 30 heavy (non-hydrogen) atoms. The zero-order valence-corrected chi connectivity index (χ0v) is 18.0. The van der Waals surface area contributed by atoms with Gasteiger partial charge in [-0.3, -0.25) is 9.59 Å². The Morgan fingerprint density at radius 3 is 2.73 bits per heavy atom. The highest BCUT2D eigenvalue weighted by atomic mass is 35.5. The summed E-state index contributed by atoms with van der Waals surface area (Å²) in [6.45, 7) is 6.05. The number of rotatable bonds is 5. The molecule has 1 atom stereocenters. The number of fused-ring (bicyclic) bond motifs is 3. The number of ether oxygens (including phenoxy) is 1. The average molecular weight is 427 g/mol. The predicted molar refractivity (Wildman–Crippen MR) is 118 cm³/mol. The molecule has 156 valence electrons. The number of anilines is 2. The van der Waals surface area contributed by atoms with Crippen LogP contribution < -0.4 is 10.6 Å². The van der Waals surface area contributed by atoms with Gasteiger partial charge in [0.25, 0.3) is 5.91 Å². The van der Waals surface area contributed by atoms with Crippen molar-refractivity contribution in [1.82, 2.24) is 9.97 Å². The number of halogens is 1. The SMILES string of the molecule is COC[C@]1(C)Nc2c(cnc3[nH]cc(C(=O)c4ccc(C(C)C)cc4Cl)c23)NC1=O. The molecule has 3 aromatic rings. The Labute approximate surface area is 179 Å².